The lowest BCUT2D eigenvalue weighted by Gasteiger charge is -2.12. The average molecular weight is 481 g/mol. The SMILES string of the molecule is CNC(=O)c1cc2c(-c3ccc(C(=O)NCc4cccc(C(F)(F)F)c4)cc3)c(OC)ccc2[nH]1. The molecule has 1 aromatic heterocycles. The Morgan fingerprint density at radius 2 is 1.71 bits per heavy atom. The molecule has 0 atom stereocenters. The van der Waals surface area contributed by atoms with E-state index in [9.17, 15) is 22.8 Å². The summed E-state index contributed by atoms with van der Waals surface area (Å²) >= 11 is 0. The molecule has 0 aliphatic carbocycles. The third-order valence-corrected chi connectivity index (χ3v) is 5.60. The molecule has 1 heterocycles. The number of hydrogen-bond acceptors (Lipinski definition) is 3. The van der Waals surface area contributed by atoms with Gasteiger partial charge in [0.2, 0.25) is 0 Å². The molecule has 0 unspecified atom stereocenters. The lowest BCUT2D eigenvalue weighted by atomic mass is 9.99. The second kappa shape index (κ2) is 9.54. The first-order valence-electron chi connectivity index (χ1n) is 10.7. The van der Waals surface area contributed by atoms with Crippen LogP contribution in [0.1, 0.15) is 32.0 Å². The number of carbonyl (C=O) groups excluding carboxylic acids is 2. The molecule has 3 aromatic carbocycles. The molecule has 4 aromatic rings. The molecule has 0 aliphatic heterocycles. The molecule has 6 nitrogen and oxygen atoms in total. The monoisotopic (exact) mass is 481 g/mol. The number of fused-ring (bicyclic) bond motifs is 1. The fourth-order valence-corrected chi connectivity index (χ4v) is 3.84. The molecule has 0 bridgehead atoms. The highest BCUT2D eigenvalue weighted by Crippen LogP contribution is 2.37. The summed E-state index contributed by atoms with van der Waals surface area (Å²) in [7, 11) is 3.10. The number of amides is 2. The highest BCUT2D eigenvalue weighted by molar-refractivity contribution is 6.05. The lowest BCUT2D eigenvalue weighted by Crippen LogP contribution is -2.23. The number of hydrogen-bond donors (Lipinski definition) is 3. The van der Waals surface area contributed by atoms with Crippen LogP contribution in [0.25, 0.3) is 22.0 Å². The normalized spacial score (nSPS) is 11.3. The molecule has 0 fully saturated rings. The summed E-state index contributed by atoms with van der Waals surface area (Å²) in [6.45, 7) is -0.0384. The minimum Gasteiger partial charge on any atom is -0.496 e. The predicted molar refractivity (Wildman–Crippen MR) is 126 cm³/mol. The third-order valence-electron chi connectivity index (χ3n) is 5.60. The molecular formula is C26H22F3N3O3. The number of rotatable bonds is 6. The van der Waals surface area contributed by atoms with E-state index in [1.165, 1.54) is 12.1 Å². The van der Waals surface area contributed by atoms with Crippen LogP contribution in [0.15, 0.2) is 66.7 Å². The number of H-pyrrole nitrogens is 1. The van der Waals surface area contributed by atoms with Gasteiger partial charge in [-0.15, -0.1) is 0 Å². The van der Waals surface area contributed by atoms with Crippen LogP contribution in [-0.4, -0.2) is 31.0 Å². The molecule has 0 saturated heterocycles. The van der Waals surface area contributed by atoms with Crippen molar-refractivity contribution in [2.45, 2.75) is 12.7 Å². The second-order valence-corrected chi connectivity index (χ2v) is 7.82. The first kappa shape index (κ1) is 23.9. The molecule has 0 aliphatic rings. The van der Waals surface area contributed by atoms with Gasteiger partial charge in [0.05, 0.1) is 12.7 Å². The van der Waals surface area contributed by atoms with Crippen LogP contribution in [0.5, 0.6) is 5.75 Å². The minimum atomic E-state index is -4.44. The number of ether oxygens (including phenoxy) is 1. The molecule has 0 saturated carbocycles. The van der Waals surface area contributed by atoms with Gasteiger partial charge in [-0.3, -0.25) is 9.59 Å². The summed E-state index contributed by atoms with van der Waals surface area (Å²) in [5.41, 5.74) is 2.62. The number of methoxy groups -OCH3 is 1. The highest BCUT2D eigenvalue weighted by Gasteiger charge is 2.30. The number of aromatic amines is 1. The van der Waals surface area contributed by atoms with Crippen molar-refractivity contribution in [3.05, 3.63) is 89.1 Å². The minimum absolute atomic E-state index is 0.0384. The zero-order valence-corrected chi connectivity index (χ0v) is 18.9. The number of nitrogens with one attached hydrogen (secondary N) is 3. The summed E-state index contributed by atoms with van der Waals surface area (Å²) in [6.07, 6.45) is -4.44. The predicted octanol–water partition coefficient (Wildman–Crippen LogP) is 5.15. The first-order valence-corrected chi connectivity index (χ1v) is 10.7. The van der Waals surface area contributed by atoms with E-state index >= 15 is 0 Å². The van der Waals surface area contributed by atoms with Crippen molar-refractivity contribution < 1.29 is 27.5 Å². The average Bonchev–Trinajstić information content (AvgIpc) is 3.30. The van der Waals surface area contributed by atoms with Crippen molar-refractivity contribution in [1.82, 2.24) is 15.6 Å². The van der Waals surface area contributed by atoms with Crippen molar-refractivity contribution in [2.24, 2.45) is 0 Å². The van der Waals surface area contributed by atoms with Crippen molar-refractivity contribution in [2.75, 3.05) is 14.2 Å². The van der Waals surface area contributed by atoms with Crippen LogP contribution in [-0.2, 0) is 12.7 Å². The molecule has 4 rings (SSSR count). The highest BCUT2D eigenvalue weighted by atomic mass is 19.4. The van der Waals surface area contributed by atoms with Gasteiger partial charge in [0.1, 0.15) is 11.4 Å². The van der Waals surface area contributed by atoms with Crippen LogP contribution in [0, 0.1) is 0 Å². The number of halogens is 3. The van der Waals surface area contributed by atoms with Crippen LogP contribution >= 0.6 is 0 Å². The van der Waals surface area contributed by atoms with Gasteiger partial charge in [-0.05, 0) is 53.6 Å². The molecule has 0 spiro atoms. The Labute approximate surface area is 199 Å². The van der Waals surface area contributed by atoms with Crippen molar-refractivity contribution in [1.29, 1.82) is 0 Å². The Hall–Kier alpha value is -4.27. The maximum Gasteiger partial charge on any atom is 0.416 e. The molecule has 180 valence electrons. The van der Waals surface area contributed by atoms with Crippen LogP contribution in [0.4, 0.5) is 13.2 Å². The van der Waals surface area contributed by atoms with E-state index in [1.54, 1.807) is 50.6 Å². The molecule has 3 N–H and O–H groups in total. The number of benzene rings is 3. The molecular weight excluding hydrogens is 459 g/mol. The summed E-state index contributed by atoms with van der Waals surface area (Å²) in [5, 5.41) is 6.01. The Kier molecular flexibility index (Phi) is 6.50. The Bertz CT molecular complexity index is 1390. The number of aromatic nitrogens is 1. The van der Waals surface area contributed by atoms with Gasteiger partial charge in [-0.25, -0.2) is 0 Å². The first-order chi connectivity index (χ1) is 16.7. The van der Waals surface area contributed by atoms with Crippen LogP contribution < -0.4 is 15.4 Å². The van der Waals surface area contributed by atoms with E-state index in [4.69, 9.17) is 4.74 Å². The maximum atomic E-state index is 12.9. The topological polar surface area (TPSA) is 83.2 Å². The van der Waals surface area contributed by atoms with Crippen molar-refractivity contribution >= 4 is 22.7 Å². The Morgan fingerprint density at radius 1 is 0.971 bits per heavy atom. The maximum absolute atomic E-state index is 12.9. The summed E-state index contributed by atoms with van der Waals surface area (Å²) < 4.78 is 44.2. The van der Waals surface area contributed by atoms with E-state index in [2.05, 4.69) is 15.6 Å². The quantitative estimate of drug-likeness (QED) is 0.356. The van der Waals surface area contributed by atoms with Gasteiger partial charge < -0.3 is 20.4 Å². The van der Waals surface area contributed by atoms with Gasteiger partial charge in [0.15, 0.2) is 0 Å². The summed E-state index contributed by atoms with van der Waals surface area (Å²) in [6, 6.07) is 16.9. The van der Waals surface area contributed by atoms with Gasteiger partial charge in [-0.2, -0.15) is 13.2 Å². The van der Waals surface area contributed by atoms with Gasteiger partial charge in [-0.1, -0.05) is 24.3 Å². The van der Waals surface area contributed by atoms with E-state index < -0.39 is 17.6 Å². The molecule has 2 amide bonds. The standard InChI is InChI=1S/C26H22F3N3O3/c1-30-25(34)21-13-19-20(32-21)10-11-22(35-2)23(19)16-6-8-17(9-7-16)24(33)31-14-15-4-3-5-18(12-15)26(27,28)29/h3-13,32H,14H2,1-2H3,(H,30,34)(H,31,33). The lowest BCUT2D eigenvalue weighted by molar-refractivity contribution is -0.137. The molecule has 9 heteroatoms. The zero-order chi connectivity index (χ0) is 25.2. The number of carbonyl (C=O) groups is 2. The Morgan fingerprint density at radius 3 is 2.37 bits per heavy atom. The second-order valence-electron chi connectivity index (χ2n) is 7.82. The molecule has 35 heavy (non-hydrogen) atoms. The van der Waals surface area contributed by atoms with Crippen LogP contribution in [0.3, 0.4) is 0 Å². The number of alkyl halides is 3. The van der Waals surface area contributed by atoms with Gasteiger partial charge in [0, 0.05) is 35.6 Å². The van der Waals surface area contributed by atoms with Crippen molar-refractivity contribution in [3.8, 4) is 16.9 Å². The largest absolute Gasteiger partial charge is 0.496 e. The van der Waals surface area contributed by atoms with Crippen molar-refractivity contribution in [3.63, 3.8) is 0 Å². The Balaban J connectivity index is 1.57. The van der Waals surface area contributed by atoms with E-state index in [0.717, 1.165) is 34.2 Å². The summed E-state index contributed by atoms with van der Waals surface area (Å²) in [5.74, 6) is -0.0664. The van der Waals surface area contributed by atoms with Gasteiger partial charge >= 0.3 is 6.18 Å². The molecule has 0 radical (unpaired) electrons. The zero-order valence-electron chi connectivity index (χ0n) is 18.9. The summed E-state index contributed by atoms with van der Waals surface area (Å²) in [4.78, 5) is 27.7. The van der Waals surface area contributed by atoms with E-state index in [-0.39, 0.29) is 12.5 Å². The fraction of sp³-hybridized carbons (Fsp3) is 0.154. The smallest absolute Gasteiger partial charge is 0.416 e. The van der Waals surface area contributed by atoms with Crippen LogP contribution in [0.2, 0.25) is 0 Å². The van der Waals surface area contributed by atoms with E-state index in [1.807, 2.05) is 6.07 Å². The van der Waals surface area contributed by atoms with E-state index in [0.29, 0.717) is 22.6 Å². The van der Waals surface area contributed by atoms with Gasteiger partial charge in [0.25, 0.3) is 11.8 Å². The third kappa shape index (κ3) is 4.98. The fourth-order valence-electron chi connectivity index (χ4n) is 3.84.